The van der Waals surface area contributed by atoms with Gasteiger partial charge in [-0.2, -0.15) is 0 Å². The molecule has 0 bridgehead atoms. The number of nitrogens with zero attached hydrogens (tertiary/aromatic N) is 2. The van der Waals surface area contributed by atoms with E-state index in [0.717, 1.165) is 43.1 Å². The van der Waals surface area contributed by atoms with Gasteiger partial charge < -0.3 is 10.1 Å². The number of aromatic nitrogens is 2. The minimum absolute atomic E-state index is 0.0870. The molecule has 0 saturated heterocycles. The van der Waals surface area contributed by atoms with Crippen LogP contribution in [0.2, 0.25) is 0 Å². The van der Waals surface area contributed by atoms with Crippen molar-refractivity contribution in [2.75, 3.05) is 13.2 Å². The second kappa shape index (κ2) is 6.22. The van der Waals surface area contributed by atoms with Gasteiger partial charge in [-0.15, -0.1) is 0 Å². The van der Waals surface area contributed by atoms with E-state index in [-0.39, 0.29) is 6.04 Å². The van der Waals surface area contributed by atoms with Gasteiger partial charge in [0.1, 0.15) is 5.75 Å². The highest BCUT2D eigenvalue weighted by Gasteiger charge is 2.19. The fourth-order valence-corrected chi connectivity index (χ4v) is 2.62. The molecule has 1 aromatic carbocycles. The zero-order chi connectivity index (χ0) is 14.7. The van der Waals surface area contributed by atoms with E-state index in [9.17, 15) is 0 Å². The number of ether oxygens (including phenoxy) is 1. The van der Waals surface area contributed by atoms with Crippen molar-refractivity contribution in [3.05, 3.63) is 53.1 Å². The number of nitrogens with one attached hydrogen (secondary N) is 1. The molecule has 4 heteroatoms. The van der Waals surface area contributed by atoms with Gasteiger partial charge in [0, 0.05) is 12.6 Å². The van der Waals surface area contributed by atoms with Crippen LogP contribution in [-0.4, -0.2) is 23.1 Å². The molecule has 0 aliphatic carbocycles. The molecular formula is C17H21N3O. The number of rotatable bonds is 5. The van der Waals surface area contributed by atoms with Crippen LogP contribution in [0.4, 0.5) is 0 Å². The Labute approximate surface area is 125 Å². The van der Waals surface area contributed by atoms with E-state index >= 15 is 0 Å². The summed E-state index contributed by atoms with van der Waals surface area (Å²) in [4.78, 5) is 8.92. The van der Waals surface area contributed by atoms with Crippen LogP contribution in [0.3, 0.4) is 0 Å². The molecule has 21 heavy (non-hydrogen) atoms. The molecule has 110 valence electrons. The molecule has 4 nitrogen and oxygen atoms in total. The molecule has 2 aromatic rings. The summed E-state index contributed by atoms with van der Waals surface area (Å²) in [5.74, 6) is 1.02. The molecule has 0 fully saturated rings. The molecule has 0 amide bonds. The molecule has 0 spiro atoms. The third-order valence-electron chi connectivity index (χ3n) is 3.74. The molecule has 1 atom stereocenters. The monoisotopic (exact) mass is 283 g/mol. The second-order valence-corrected chi connectivity index (χ2v) is 5.44. The van der Waals surface area contributed by atoms with Crippen molar-refractivity contribution >= 4 is 0 Å². The van der Waals surface area contributed by atoms with Crippen molar-refractivity contribution in [3.63, 3.8) is 0 Å². The summed E-state index contributed by atoms with van der Waals surface area (Å²) in [5.41, 5.74) is 4.42. The molecule has 2 heterocycles. The van der Waals surface area contributed by atoms with Gasteiger partial charge in [0.05, 0.1) is 30.2 Å². The first kappa shape index (κ1) is 14.0. The molecular weight excluding hydrogens is 262 g/mol. The highest BCUT2D eigenvalue weighted by Crippen LogP contribution is 2.30. The Morgan fingerprint density at radius 2 is 2.19 bits per heavy atom. The van der Waals surface area contributed by atoms with Crippen LogP contribution in [0.25, 0.3) is 0 Å². The average molecular weight is 283 g/mol. The maximum Gasteiger partial charge on any atom is 0.122 e. The molecule has 0 radical (unpaired) electrons. The van der Waals surface area contributed by atoms with Crippen LogP contribution in [0, 0.1) is 6.92 Å². The number of hydrogen-bond donors (Lipinski definition) is 1. The van der Waals surface area contributed by atoms with E-state index in [1.165, 1.54) is 11.1 Å². The molecule has 1 aliphatic heterocycles. The number of benzene rings is 1. The lowest BCUT2D eigenvalue weighted by molar-refractivity contribution is 0.357. The lowest BCUT2D eigenvalue weighted by atomic mass is 10.00. The minimum Gasteiger partial charge on any atom is -0.493 e. The molecule has 1 aliphatic rings. The fraction of sp³-hybridized carbons (Fsp3) is 0.412. The van der Waals surface area contributed by atoms with Crippen molar-refractivity contribution in [2.45, 2.75) is 32.7 Å². The van der Waals surface area contributed by atoms with E-state index in [1.54, 1.807) is 0 Å². The predicted molar refractivity (Wildman–Crippen MR) is 82.5 cm³/mol. The Morgan fingerprint density at radius 3 is 2.95 bits per heavy atom. The molecule has 1 N–H and O–H groups in total. The van der Waals surface area contributed by atoms with Gasteiger partial charge in [-0.3, -0.25) is 9.97 Å². The lowest BCUT2D eigenvalue weighted by Gasteiger charge is -2.19. The van der Waals surface area contributed by atoms with E-state index < -0.39 is 0 Å². The zero-order valence-electron chi connectivity index (χ0n) is 12.6. The predicted octanol–water partition coefficient (Wildman–Crippen LogP) is 2.81. The van der Waals surface area contributed by atoms with Crippen molar-refractivity contribution < 1.29 is 4.74 Å². The summed E-state index contributed by atoms with van der Waals surface area (Å²) in [6.45, 7) is 5.86. The van der Waals surface area contributed by atoms with Crippen LogP contribution in [0.15, 0.2) is 30.6 Å². The van der Waals surface area contributed by atoms with Crippen LogP contribution in [-0.2, 0) is 6.42 Å². The van der Waals surface area contributed by atoms with Crippen LogP contribution >= 0.6 is 0 Å². The first-order chi connectivity index (χ1) is 10.3. The van der Waals surface area contributed by atoms with E-state index in [2.05, 4.69) is 40.4 Å². The van der Waals surface area contributed by atoms with Crippen molar-refractivity contribution in [1.29, 1.82) is 0 Å². The average Bonchev–Trinajstić information content (AvgIpc) is 2.97. The minimum atomic E-state index is 0.0870. The highest BCUT2D eigenvalue weighted by molar-refractivity contribution is 5.42. The van der Waals surface area contributed by atoms with Gasteiger partial charge in [-0.05, 0) is 37.1 Å². The number of fused-ring (bicyclic) bond motifs is 1. The Morgan fingerprint density at radius 1 is 1.29 bits per heavy atom. The van der Waals surface area contributed by atoms with E-state index in [0.29, 0.717) is 0 Å². The van der Waals surface area contributed by atoms with E-state index in [4.69, 9.17) is 4.74 Å². The topological polar surface area (TPSA) is 47.0 Å². The van der Waals surface area contributed by atoms with Crippen molar-refractivity contribution in [3.8, 4) is 5.75 Å². The molecule has 3 rings (SSSR count). The van der Waals surface area contributed by atoms with E-state index in [1.807, 2.05) is 19.3 Å². The maximum absolute atomic E-state index is 5.59. The highest BCUT2D eigenvalue weighted by atomic mass is 16.5. The van der Waals surface area contributed by atoms with Gasteiger partial charge in [0.2, 0.25) is 0 Å². The van der Waals surface area contributed by atoms with Gasteiger partial charge in [-0.25, -0.2) is 0 Å². The largest absolute Gasteiger partial charge is 0.493 e. The smallest absolute Gasteiger partial charge is 0.122 e. The summed E-state index contributed by atoms with van der Waals surface area (Å²) in [7, 11) is 0. The molecule has 1 unspecified atom stereocenters. The third-order valence-corrected chi connectivity index (χ3v) is 3.74. The normalized spacial score (nSPS) is 14.6. The standard InChI is InChI=1S/C17H21N3O/c1-3-7-18-17(15-11-19-12(2)10-20-15)14-4-5-16-13(9-14)6-8-21-16/h4-5,9-11,17-18H,3,6-8H2,1-2H3. The third kappa shape index (κ3) is 3.05. The first-order valence-corrected chi connectivity index (χ1v) is 7.55. The zero-order valence-corrected chi connectivity index (χ0v) is 12.6. The Bertz CT molecular complexity index is 610. The van der Waals surface area contributed by atoms with Gasteiger partial charge in [0.25, 0.3) is 0 Å². The number of aryl methyl sites for hydroxylation is 1. The lowest BCUT2D eigenvalue weighted by Crippen LogP contribution is -2.24. The Hall–Kier alpha value is -1.94. The van der Waals surface area contributed by atoms with Crippen LogP contribution in [0.5, 0.6) is 5.75 Å². The Balaban J connectivity index is 1.93. The van der Waals surface area contributed by atoms with Gasteiger partial charge in [0.15, 0.2) is 0 Å². The Kier molecular flexibility index (Phi) is 4.15. The quantitative estimate of drug-likeness (QED) is 0.916. The molecule has 0 saturated carbocycles. The molecule has 1 aromatic heterocycles. The van der Waals surface area contributed by atoms with Crippen LogP contribution in [0.1, 0.15) is 41.9 Å². The summed E-state index contributed by atoms with van der Waals surface area (Å²) in [5, 5.41) is 3.57. The fourth-order valence-electron chi connectivity index (χ4n) is 2.62. The summed E-state index contributed by atoms with van der Waals surface area (Å²) in [6, 6.07) is 6.51. The van der Waals surface area contributed by atoms with Gasteiger partial charge in [-0.1, -0.05) is 19.1 Å². The van der Waals surface area contributed by atoms with Gasteiger partial charge >= 0.3 is 0 Å². The second-order valence-electron chi connectivity index (χ2n) is 5.44. The SMILES string of the molecule is CCCNC(c1ccc2c(c1)CCO2)c1cnc(C)cn1. The number of hydrogen-bond acceptors (Lipinski definition) is 4. The maximum atomic E-state index is 5.59. The summed E-state index contributed by atoms with van der Waals surface area (Å²) in [6.07, 6.45) is 5.77. The van der Waals surface area contributed by atoms with Crippen molar-refractivity contribution in [2.24, 2.45) is 0 Å². The van der Waals surface area contributed by atoms with Crippen molar-refractivity contribution in [1.82, 2.24) is 15.3 Å². The summed E-state index contributed by atoms with van der Waals surface area (Å²) >= 11 is 0. The first-order valence-electron chi connectivity index (χ1n) is 7.55. The van der Waals surface area contributed by atoms with Crippen LogP contribution < -0.4 is 10.1 Å². The summed E-state index contributed by atoms with van der Waals surface area (Å²) < 4.78 is 5.59.